The number of anilines is 1. The number of hydrogen-bond donors (Lipinski definition) is 1. The highest BCUT2D eigenvalue weighted by Gasteiger charge is 2.31. The van der Waals surface area contributed by atoms with Gasteiger partial charge >= 0.3 is 0 Å². The Bertz CT molecular complexity index is 1070. The summed E-state index contributed by atoms with van der Waals surface area (Å²) in [5, 5.41) is 3.05. The number of hydrogen-bond acceptors (Lipinski definition) is 5. The van der Waals surface area contributed by atoms with Crippen LogP contribution in [0.5, 0.6) is 11.5 Å². The molecule has 1 unspecified atom stereocenters. The molecule has 0 fully saturated rings. The Hall–Kier alpha value is -2.45. The molecule has 7 nitrogen and oxygen atoms in total. The first-order valence-corrected chi connectivity index (χ1v) is 13.0. The van der Waals surface area contributed by atoms with Crippen molar-refractivity contribution in [3.05, 3.63) is 53.1 Å². The number of carbonyl (C=O) groups is 1. The third-order valence-corrected chi connectivity index (χ3v) is 6.55. The molecule has 0 aliphatic heterocycles. The molecule has 0 aromatic heterocycles. The van der Waals surface area contributed by atoms with Crippen LogP contribution in [0, 0.1) is 0 Å². The molecular formula is C24H33ClN2O5S. The van der Waals surface area contributed by atoms with Gasteiger partial charge in [-0.15, -0.1) is 0 Å². The monoisotopic (exact) mass is 496 g/mol. The molecule has 1 atom stereocenters. The van der Waals surface area contributed by atoms with Crippen molar-refractivity contribution in [2.75, 3.05) is 30.8 Å². The lowest BCUT2D eigenvalue weighted by Crippen LogP contribution is -2.50. The van der Waals surface area contributed by atoms with Gasteiger partial charge in [0.25, 0.3) is 0 Å². The van der Waals surface area contributed by atoms with Gasteiger partial charge in [-0.05, 0) is 41.7 Å². The van der Waals surface area contributed by atoms with E-state index in [1.165, 1.54) is 13.2 Å². The third kappa shape index (κ3) is 7.01. The molecule has 0 heterocycles. The summed E-state index contributed by atoms with van der Waals surface area (Å²) in [5.41, 5.74) is 1.28. The van der Waals surface area contributed by atoms with Crippen molar-refractivity contribution >= 4 is 33.2 Å². The lowest BCUT2D eigenvalue weighted by molar-refractivity contribution is -0.122. The van der Waals surface area contributed by atoms with Crippen molar-refractivity contribution in [3.63, 3.8) is 0 Å². The van der Waals surface area contributed by atoms with Crippen LogP contribution in [-0.2, 0) is 20.2 Å². The van der Waals surface area contributed by atoms with E-state index in [9.17, 15) is 13.2 Å². The summed E-state index contributed by atoms with van der Waals surface area (Å²) in [6.45, 7) is 8.55. The van der Waals surface area contributed by atoms with E-state index in [1.807, 2.05) is 24.3 Å². The summed E-state index contributed by atoms with van der Waals surface area (Å²) in [6.07, 6.45) is 1.34. The summed E-state index contributed by atoms with van der Waals surface area (Å²) in [6, 6.07) is 11.5. The van der Waals surface area contributed by atoms with Gasteiger partial charge in [0, 0.05) is 0 Å². The van der Waals surface area contributed by atoms with Crippen molar-refractivity contribution in [3.8, 4) is 11.5 Å². The first-order chi connectivity index (χ1) is 15.4. The van der Waals surface area contributed by atoms with Crippen molar-refractivity contribution in [2.45, 2.75) is 45.6 Å². The zero-order valence-corrected chi connectivity index (χ0v) is 21.6. The Morgan fingerprint density at radius 2 is 1.82 bits per heavy atom. The lowest BCUT2D eigenvalue weighted by Gasteiger charge is -2.30. The highest BCUT2D eigenvalue weighted by atomic mass is 35.5. The first kappa shape index (κ1) is 26.8. The number of methoxy groups -OCH3 is 1. The number of para-hydroxylation sites is 1. The predicted octanol–water partition coefficient (Wildman–Crippen LogP) is 4.39. The number of nitrogens with one attached hydrogen (secondary N) is 1. The zero-order chi connectivity index (χ0) is 24.8. The molecule has 0 aliphatic carbocycles. The fraction of sp³-hybridized carbons (Fsp3) is 0.458. The average Bonchev–Trinajstić information content (AvgIpc) is 2.73. The molecule has 0 saturated carbocycles. The summed E-state index contributed by atoms with van der Waals surface area (Å²) in [5.74, 6) is 0.763. The topological polar surface area (TPSA) is 84.9 Å². The fourth-order valence-corrected chi connectivity index (χ4v) is 4.97. The molecule has 2 aromatic carbocycles. The van der Waals surface area contributed by atoms with Crippen LogP contribution in [0.3, 0.4) is 0 Å². The number of benzene rings is 2. The van der Waals surface area contributed by atoms with Crippen molar-refractivity contribution in [1.82, 2.24) is 5.32 Å². The van der Waals surface area contributed by atoms with Crippen LogP contribution in [0.2, 0.25) is 5.02 Å². The molecule has 182 valence electrons. The second-order valence-corrected chi connectivity index (χ2v) is 11.0. The van der Waals surface area contributed by atoms with E-state index in [0.717, 1.165) is 21.9 Å². The zero-order valence-electron chi connectivity index (χ0n) is 20.0. The number of nitrogens with zero attached hydrogens (tertiary/aromatic N) is 1. The maximum absolute atomic E-state index is 13.0. The highest BCUT2D eigenvalue weighted by Crippen LogP contribution is 2.32. The quantitative estimate of drug-likeness (QED) is 0.493. The third-order valence-electron chi connectivity index (χ3n) is 5.07. The largest absolute Gasteiger partial charge is 0.495 e. The van der Waals surface area contributed by atoms with E-state index >= 15 is 0 Å². The van der Waals surface area contributed by atoms with Crippen molar-refractivity contribution in [1.29, 1.82) is 0 Å². The average molecular weight is 497 g/mol. The van der Waals surface area contributed by atoms with Gasteiger partial charge in [0.05, 0.1) is 30.6 Å². The summed E-state index contributed by atoms with van der Waals surface area (Å²) in [4.78, 5) is 13.0. The number of carbonyl (C=O) groups excluding carboxylic acids is 1. The minimum absolute atomic E-state index is 0.0806. The molecule has 1 N–H and O–H groups in total. The minimum atomic E-state index is -3.76. The van der Waals surface area contributed by atoms with E-state index in [0.29, 0.717) is 11.4 Å². The van der Waals surface area contributed by atoms with Crippen LogP contribution in [0.25, 0.3) is 0 Å². The maximum atomic E-state index is 13.0. The molecule has 2 rings (SSSR count). The normalized spacial score (nSPS) is 12.7. The van der Waals surface area contributed by atoms with Crippen LogP contribution in [-0.4, -0.2) is 46.9 Å². The number of halogens is 1. The SMILES string of the molecule is CCC(C(=O)NCCOc1ccccc1C(C)(C)C)N(c1ccc(OC)c(Cl)c1)S(C)(=O)=O. The predicted molar refractivity (Wildman–Crippen MR) is 133 cm³/mol. The van der Waals surface area contributed by atoms with Gasteiger partial charge in [0.1, 0.15) is 24.1 Å². The number of sulfonamides is 1. The maximum Gasteiger partial charge on any atom is 0.244 e. The van der Waals surface area contributed by atoms with Crippen LogP contribution in [0.1, 0.15) is 39.7 Å². The van der Waals surface area contributed by atoms with Gasteiger partial charge in [-0.25, -0.2) is 8.42 Å². The first-order valence-electron chi connectivity index (χ1n) is 10.7. The van der Waals surface area contributed by atoms with Crippen molar-refractivity contribution in [2.24, 2.45) is 0 Å². The van der Waals surface area contributed by atoms with Gasteiger partial charge in [-0.1, -0.05) is 57.5 Å². The van der Waals surface area contributed by atoms with E-state index in [-0.39, 0.29) is 30.0 Å². The van der Waals surface area contributed by atoms with Crippen LogP contribution < -0.4 is 19.1 Å². The summed E-state index contributed by atoms with van der Waals surface area (Å²) in [7, 11) is -2.29. The molecule has 33 heavy (non-hydrogen) atoms. The second-order valence-electron chi connectivity index (χ2n) is 8.69. The van der Waals surface area contributed by atoms with E-state index < -0.39 is 22.0 Å². The van der Waals surface area contributed by atoms with Crippen LogP contribution in [0.4, 0.5) is 5.69 Å². The standard InChI is InChI=1S/C24H33ClN2O5S/c1-7-20(27(33(6,29)30)17-12-13-22(31-5)19(25)16-17)23(28)26-14-15-32-21-11-9-8-10-18(21)24(2,3)4/h8-13,16,20H,7,14-15H2,1-6H3,(H,26,28). The summed E-state index contributed by atoms with van der Waals surface area (Å²) < 4.78 is 37.3. The minimum Gasteiger partial charge on any atom is -0.495 e. The van der Waals surface area contributed by atoms with E-state index in [4.69, 9.17) is 21.1 Å². The highest BCUT2D eigenvalue weighted by molar-refractivity contribution is 7.92. The number of rotatable bonds is 10. The van der Waals surface area contributed by atoms with Crippen molar-refractivity contribution < 1.29 is 22.7 Å². The smallest absolute Gasteiger partial charge is 0.244 e. The molecule has 2 aromatic rings. The van der Waals surface area contributed by atoms with Crippen LogP contribution in [0.15, 0.2) is 42.5 Å². The molecular weight excluding hydrogens is 464 g/mol. The van der Waals surface area contributed by atoms with Crippen LogP contribution >= 0.6 is 11.6 Å². The van der Waals surface area contributed by atoms with Gasteiger partial charge < -0.3 is 14.8 Å². The molecule has 9 heteroatoms. The van der Waals surface area contributed by atoms with E-state index in [2.05, 4.69) is 26.1 Å². The molecule has 0 radical (unpaired) electrons. The molecule has 0 aliphatic rings. The Morgan fingerprint density at radius 1 is 1.15 bits per heavy atom. The Morgan fingerprint density at radius 3 is 2.36 bits per heavy atom. The second kappa shape index (κ2) is 11.1. The van der Waals surface area contributed by atoms with Gasteiger partial charge in [-0.2, -0.15) is 0 Å². The number of ether oxygens (including phenoxy) is 2. The molecule has 1 amide bonds. The molecule has 0 spiro atoms. The fourth-order valence-electron chi connectivity index (χ4n) is 3.52. The summed E-state index contributed by atoms with van der Waals surface area (Å²) >= 11 is 6.19. The Balaban J connectivity index is 2.12. The lowest BCUT2D eigenvalue weighted by atomic mass is 9.86. The van der Waals surface area contributed by atoms with Gasteiger partial charge in [0.2, 0.25) is 15.9 Å². The molecule has 0 saturated heterocycles. The van der Waals surface area contributed by atoms with Gasteiger partial charge in [-0.3, -0.25) is 9.10 Å². The van der Waals surface area contributed by atoms with E-state index in [1.54, 1.807) is 19.1 Å². The Kier molecular flexibility index (Phi) is 9.03. The molecule has 0 bridgehead atoms. The van der Waals surface area contributed by atoms with Gasteiger partial charge in [0.15, 0.2) is 0 Å². The Labute approximate surface area is 202 Å². The number of amides is 1.